The Labute approximate surface area is 202 Å². The number of nitrogens with zero attached hydrogens (tertiary/aromatic N) is 3. The molecule has 3 aromatic rings. The molecule has 0 radical (unpaired) electrons. The molecular weight excluding hydrogens is 444 g/mol. The number of fused-ring (bicyclic) bond motifs is 2. The van der Waals surface area contributed by atoms with E-state index in [1.165, 1.54) is 5.39 Å². The van der Waals surface area contributed by atoms with E-state index in [4.69, 9.17) is 4.74 Å². The first-order valence-corrected chi connectivity index (χ1v) is 12.0. The molecule has 0 saturated carbocycles. The SMILES string of the molecule is O=C1CC[C@H](N2Cc3cc(O[C@H]4CCN(Cc5cc6ccccc6cn5)C4)ccc3C2=O)C(=O)N1. The minimum absolute atomic E-state index is 0.0665. The minimum atomic E-state index is -0.607. The van der Waals surface area contributed by atoms with E-state index in [2.05, 4.69) is 33.4 Å². The van der Waals surface area contributed by atoms with Crippen molar-refractivity contribution in [3.8, 4) is 5.75 Å². The van der Waals surface area contributed by atoms with Crippen molar-refractivity contribution >= 4 is 28.5 Å². The number of ether oxygens (including phenoxy) is 1. The topological polar surface area (TPSA) is 91.8 Å². The monoisotopic (exact) mass is 470 g/mol. The standard InChI is InChI=1S/C27H26N4O4/c32-25-8-7-24(26(33)29-25)31-14-19-12-21(5-6-23(19)27(31)34)35-22-9-10-30(16-22)15-20-11-17-3-1-2-4-18(17)13-28-20/h1-6,11-13,22,24H,7-10,14-16H2,(H,29,32,33)/t22-,24-/m0/s1. The third kappa shape index (κ3) is 4.25. The van der Waals surface area contributed by atoms with Gasteiger partial charge < -0.3 is 9.64 Å². The van der Waals surface area contributed by atoms with Crippen LogP contribution in [0.4, 0.5) is 0 Å². The molecule has 6 rings (SSSR count). The van der Waals surface area contributed by atoms with Crippen molar-refractivity contribution in [2.24, 2.45) is 0 Å². The zero-order valence-corrected chi connectivity index (χ0v) is 19.3. The fraction of sp³-hybridized carbons (Fsp3) is 0.333. The molecule has 2 fully saturated rings. The molecule has 35 heavy (non-hydrogen) atoms. The Kier molecular flexibility index (Phi) is 5.45. The van der Waals surface area contributed by atoms with E-state index in [0.717, 1.165) is 48.4 Å². The van der Waals surface area contributed by atoms with Gasteiger partial charge in [-0.05, 0) is 48.1 Å². The number of carbonyl (C=O) groups excluding carboxylic acids is 3. The number of rotatable bonds is 5. The van der Waals surface area contributed by atoms with Gasteiger partial charge in [0.1, 0.15) is 17.9 Å². The summed E-state index contributed by atoms with van der Waals surface area (Å²) in [6, 6.07) is 15.3. The molecule has 2 aromatic carbocycles. The fourth-order valence-corrected chi connectivity index (χ4v) is 5.30. The van der Waals surface area contributed by atoms with Gasteiger partial charge in [0, 0.05) is 49.7 Å². The number of aromatic nitrogens is 1. The van der Waals surface area contributed by atoms with Gasteiger partial charge in [-0.3, -0.25) is 29.6 Å². The number of pyridine rings is 1. The molecule has 3 amide bonds. The molecule has 8 heteroatoms. The zero-order valence-electron chi connectivity index (χ0n) is 19.3. The summed E-state index contributed by atoms with van der Waals surface area (Å²) in [5, 5.41) is 4.68. The summed E-state index contributed by atoms with van der Waals surface area (Å²) in [5.74, 6) is -0.118. The molecule has 1 aromatic heterocycles. The van der Waals surface area contributed by atoms with Gasteiger partial charge in [-0.2, -0.15) is 0 Å². The quantitative estimate of drug-likeness (QED) is 0.577. The van der Waals surface area contributed by atoms with Crippen LogP contribution in [-0.4, -0.2) is 57.7 Å². The van der Waals surface area contributed by atoms with Gasteiger partial charge in [0.05, 0.1) is 5.69 Å². The van der Waals surface area contributed by atoms with Gasteiger partial charge >= 0.3 is 0 Å². The molecule has 2 saturated heterocycles. The summed E-state index contributed by atoms with van der Waals surface area (Å²) in [7, 11) is 0. The summed E-state index contributed by atoms with van der Waals surface area (Å²) in [6.07, 6.45) is 3.53. The van der Waals surface area contributed by atoms with Crippen LogP contribution in [0.1, 0.15) is 40.9 Å². The van der Waals surface area contributed by atoms with Gasteiger partial charge in [0.2, 0.25) is 11.8 Å². The first kappa shape index (κ1) is 21.7. The smallest absolute Gasteiger partial charge is 0.255 e. The Morgan fingerprint density at radius 1 is 1.03 bits per heavy atom. The van der Waals surface area contributed by atoms with E-state index in [1.807, 2.05) is 30.5 Å². The van der Waals surface area contributed by atoms with Crippen LogP contribution in [0.25, 0.3) is 10.8 Å². The molecule has 4 heterocycles. The maximum absolute atomic E-state index is 12.9. The van der Waals surface area contributed by atoms with Crippen molar-refractivity contribution < 1.29 is 19.1 Å². The molecule has 0 bridgehead atoms. The number of carbonyl (C=O) groups is 3. The van der Waals surface area contributed by atoms with E-state index >= 15 is 0 Å². The molecule has 3 aliphatic heterocycles. The Balaban J connectivity index is 1.08. The van der Waals surface area contributed by atoms with Crippen LogP contribution >= 0.6 is 0 Å². The van der Waals surface area contributed by atoms with E-state index in [1.54, 1.807) is 11.0 Å². The van der Waals surface area contributed by atoms with Crippen molar-refractivity contribution in [3.05, 3.63) is 71.5 Å². The van der Waals surface area contributed by atoms with Crippen molar-refractivity contribution in [2.75, 3.05) is 13.1 Å². The molecule has 2 atom stereocenters. The van der Waals surface area contributed by atoms with Crippen LogP contribution in [0, 0.1) is 0 Å². The number of amides is 3. The third-order valence-electron chi connectivity index (χ3n) is 7.10. The third-order valence-corrected chi connectivity index (χ3v) is 7.10. The number of piperidine rings is 1. The van der Waals surface area contributed by atoms with E-state index in [0.29, 0.717) is 18.5 Å². The summed E-state index contributed by atoms with van der Waals surface area (Å²) in [5.41, 5.74) is 2.50. The largest absolute Gasteiger partial charge is 0.489 e. The van der Waals surface area contributed by atoms with Crippen molar-refractivity contribution in [2.45, 2.75) is 44.5 Å². The lowest BCUT2D eigenvalue weighted by Gasteiger charge is -2.29. The van der Waals surface area contributed by atoms with Crippen molar-refractivity contribution in [3.63, 3.8) is 0 Å². The highest BCUT2D eigenvalue weighted by Crippen LogP contribution is 2.31. The summed E-state index contributed by atoms with van der Waals surface area (Å²) in [6.45, 7) is 2.88. The van der Waals surface area contributed by atoms with Gasteiger partial charge in [0.15, 0.2) is 0 Å². The summed E-state index contributed by atoms with van der Waals surface area (Å²) >= 11 is 0. The van der Waals surface area contributed by atoms with Crippen LogP contribution in [0.3, 0.4) is 0 Å². The van der Waals surface area contributed by atoms with Crippen LogP contribution in [0.5, 0.6) is 5.75 Å². The lowest BCUT2D eigenvalue weighted by molar-refractivity contribution is -0.136. The van der Waals surface area contributed by atoms with E-state index in [-0.39, 0.29) is 24.3 Å². The lowest BCUT2D eigenvalue weighted by atomic mass is 10.0. The number of hydrogen-bond donors (Lipinski definition) is 1. The maximum atomic E-state index is 12.9. The van der Waals surface area contributed by atoms with Gasteiger partial charge in [-0.1, -0.05) is 24.3 Å². The van der Waals surface area contributed by atoms with Gasteiger partial charge in [0.25, 0.3) is 5.91 Å². The molecule has 3 aliphatic rings. The van der Waals surface area contributed by atoms with E-state index < -0.39 is 11.9 Å². The molecular formula is C27H26N4O4. The Morgan fingerprint density at radius 2 is 1.89 bits per heavy atom. The summed E-state index contributed by atoms with van der Waals surface area (Å²) in [4.78, 5) is 45.1. The first-order valence-electron chi connectivity index (χ1n) is 12.0. The number of nitrogens with one attached hydrogen (secondary N) is 1. The fourth-order valence-electron chi connectivity index (χ4n) is 5.30. The predicted molar refractivity (Wildman–Crippen MR) is 129 cm³/mol. The molecule has 178 valence electrons. The van der Waals surface area contributed by atoms with Crippen LogP contribution in [0.2, 0.25) is 0 Å². The summed E-state index contributed by atoms with van der Waals surface area (Å²) < 4.78 is 6.27. The average molecular weight is 471 g/mol. The highest BCUT2D eigenvalue weighted by molar-refractivity contribution is 6.05. The average Bonchev–Trinajstić information content (AvgIpc) is 3.42. The minimum Gasteiger partial charge on any atom is -0.489 e. The van der Waals surface area contributed by atoms with Gasteiger partial charge in [-0.25, -0.2) is 0 Å². The Bertz CT molecular complexity index is 1340. The molecule has 1 N–H and O–H groups in total. The van der Waals surface area contributed by atoms with Crippen molar-refractivity contribution in [1.29, 1.82) is 0 Å². The molecule has 0 spiro atoms. The second kappa shape index (κ2) is 8.78. The zero-order chi connectivity index (χ0) is 23.9. The number of hydrogen-bond acceptors (Lipinski definition) is 6. The molecule has 0 unspecified atom stereocenters. The molecule has 0 aliphatic carbocycles. The Morgan fingerprint density at radius 3 is 2.74 bits per heavy atom. The number of imide groups is 1. The second-order valence-corrected chi connectivity index (χ2v) is 9.51. The number of benzene rings is 2. The predicted octanol–water partition coefficient (Wildman–Crippen LogP) is 2.65. The highest BCUT2D eigenvalue weighted by atomic mass is 16.5. The Hall–Kier alpha value is -3.78. The van der Waals surface area contributed by atoms with Crippen LogP contribution < -0.4 is 10.1 Å². The highest BCUT2D eigenvalue weighted by Gasteiger charge is 2.39. The first-order chi connectivity index (χ1) is 17.0. The molecule has 8 nitrogen and oxygen atoms in total. The van der Waals surface area contributed by atoms with Crippen molar-refractivity contribution in [1.82, 2.24) is 20.1 Å². The van der Waals surface area contributed by atoms with Crippen LogP contribution in [-0.2, 0) is 22.7 Å². The van der Waals surface area contributed by atoms with E-state index in [9.17, 15) is 14.4 Å². The normalized spacial score (nSPS) is 22.5. The van der Waals surface area contributed by atoms with Crippen LogP contribution in [0.15, 0.2) is 54.7 Å². The second-order valence-electron chi connectivity index (χ2n) is 9.51. The maximum Gasteiger partial charge on any atom is 0.255 e. The lowest BCUT2D eigenvalue weighted by Crippen LogP contribution is -2.52. The number of likely N-dealkylation sites (tertiary alicyclic amines) is 1. The van der Waals surface area contributed by atoms with Gasteiger partial charge in [-0.15, -0.1) is 0 Å².